The summed E-state index contributed by atoms with van der Waals surface area (Å²) in [5.41, 5.74) is 7.10. The quantitative estimate of drug-likeness (QED) is 0.710. The van der Waals surface area contributed by atoms with Gasteiger partial charge in [-0.25, -0.2) is 0 Å². The van der Waals surface area contributed by atoms with E-state index in [2.05, 4.69) is 73.6 Å². The molecule has 2 rings (SSSR count). The molecule has 1 N–H and O–H groups in total. The smallest absolute Gasteiger partial charge is 0.122 e. The van der Waals surface area contributed by atoms with Gasteiger partial charge in [-0.1, -0.05) is 53.7 Å². The molecule has 2 aromatic carbocycles. The number of methoxy groups -OCH3 is 1. The lowest BCUT2D eigenvalue weighted by Gasteiger charge is -2.25. The number of rotatable bonds is 3. The molecule has 0 fully saturated rings. The summed E-state index contributed by atoms with van der Waals surface area (Å²) in [6.45, 7) is 17.3. The first kappa shape index (κ1) is 20.4. The lowest BCUT2D eigenvalue weighted by atomic mass is 9.81. The first-order valence-corrected chi connectivity index (χ1v) is 9.35. The molecular formula is C24H34O2. The molecule has 0 aromatic heterocycles. The van der Waals surface area contributed by atoms with Gasteiger partial charge in [0.1, 0.15) is 11.5 Å². The number of hydrogen-bond acceptors (Lipinski definition) is 2. The molecule has 26 heavy (non-hydrogen) atoms. The predicted octanol–water partition coefficient (Wildman–Crippen LogP) is 6.20. The Hall–Kier alpha value is -1.96. The zero-order chi connectivity index (χ0) is 19.9. The van der Waals surface area contributed by atoms with Gasteiger partial charge in [0.2, 0.25) is 0 Å². The van der Waals surface area contributed by atoms with E-state index in [1.165, 1.54) is 22.3 Å². The molecular weight excluding hydrogens is 320 g/mol. The first-order chi connectivity index (χ1) is 11.8. The number of hydrogen-bond donors (Lipinski definition) is 1. The van der Waals surface area contributed by atoms with Gasteiger partial charge in [0.05, 0.1) is 7.11 Å². The number of aryl methyl sites for hydroxylation is 2. The summed E-state index contributed by atoms with van der Waals surface area (Å²) < 4.78 is 5.63. The average molecular weight is 355 g/mol. The molecule has 0 aliphatic rings. The Labute approximate surface area is 159 Å². The Balaban J connectivity index is 2.55. The molecule has 0 atom stereocenters. The van der Waals surface area contributed by atoms with Crippen molar-refractivity contribution in [2.24, 2.45) is 0 Å². The molecule has 2 heteroatoms. The van der Waals surface area contributed by atoms with Gasteiger partial charge in [0.15, 0.2) is 0 Å². The molecule has 2 aromatic rings. The molecule has 0 spiro atoms. The van der Waals surface area contributed by atoms with Gasteiger partial charge < -0.3 is 9.84 Å². The fourth-order valence-electron chi connectivity index (χ4n) is 3.41. The molecule has 0 bridgehead atoms. The van der Waals surface area contributed by atoms with Crippen LogP contribution in [-0.4, -0.2) is 12.2 Å². The maximum absolute atomic E-state index is 10.4. The summed E-state index contributed by atoms with van der Waals surface area (Å²) in [5, 5.41) is 10.4. The van der Waals surface area contributed by atoms with Crippen LogP contribution in [0.3, 0.4) is 0 Å². The maximum atomic E-state index is 10.4. The lowest BCUT2D eigenvalue weighted by molar-refractivity contribution is 0.397. The molecule has 0 heterocycles. The van der Waals surface area contributed by atoms with Crippen LogP contribution in [0.4, 0.5) is 0 Å². The van der Waals surface area contributed by atoms with Gasteiger partial charge in [-0.3, -0.25) is 0 Å². The van der Waals surface area contributed by atoms with Crippen LogP contribution in [0.25, 0.3) is 0 Å². The van der Waals surface area contributed by atoms with Crippen LogP contribution in [0, 0.1) is 13.8 Å². The van der Waals surface area contributed by atoms with Crippen LogP contribution in [0.5, 0.6) is 11.5 Å². The first-order valence-electron chi connectivity index (χ1n) is 9.35. The Bertz CT molecular complexity index is 802. The van der Waals surface area contributed by atoms with Crippen molar-refractivity contribution in [2.75, 3.05) is 7.11 Å². The van der Waals surface area contributed by atoms with Crippen molar-refractivity contribution < 1.29 is 9.84 Å². The largest absolute Gasteiger partial charge is 0.508 e. The summed E-state index contributed by atoms with van der Waals surface area (Å²) in [7, 11) is 1.74. The Kier molecular flexibility index (Phi) is 5.46. The highest BCUT2D eigenvalue weighted by Crippen LogP contribution is 2.36. The molecule has 0 aliphatic carbocycles. The van der Waals surface area contributed by atoms with Gasteiger partial charge in [-0.15, -0.1) is 0 Å². The highest BCUT2D eigenvalue weighted by Gasteiger charge is 2.22. The molecule has 2 nitrogen and oxygen atoms in total. The highest BCUT2D eigenvalue weighted by molar-refractivity contribution is 5.50. The van der Waals surface area contributed by atoms with E-state index in [1.54, 1.807) is 7.11 Å². The van der Waals surface area contributed by atoms with Gasteiger partial charge in [0.25, 0.3) is 0 Å². The van der Waals surface area contributed by atoms with Gasteiger partial charge in [-0.05, 0) is 76.6 Å². The maximum Gasteiger partial charge on any atom is 0.122 e. The van der Waals surface area contributed by atoms with Crippen molar-refractivity contribution in [3.8, 4) is 11.5 Å². The summed E-state index contributed by atoms with van der Waals surface area (Å²) in [6.07, 6.45) is 0.855. The van der Waals surface area contributed by atoms with Crippen LogP contribution >= 0.6 is 0 Å². The third kappa shape index (κ3) is 4.23. The third-order valence-electron chi connectivity index (χ3n) is 5.11. The van der Waals surface area contributed by atoms with E-state index in [4.69, 9.17) is 4.74 Å². The fraction of sp³-hybridized carbons (Fsp3) is 0.500. The molecule has 0 unspecified atom stereocenters. The van der Waals surface area contributed by atoms with Crippen molar-refractivity contribution in [3.63, 3.8) is 0 Å². The van der Waals surface area contributed by atoms with Crippen LogP contribution in [0.2, 0.25) is 0 Å². The lowest BCUT2D eigenvalue weighted by Crippen LogP contribution is -2.14. The van der Waals surface area contributed by atoms with Gasteiger partial charge in [0, 0.05) is 0 Å². The van der Waals surface area contributed by atoms with Crippen molar-refractivity contribution in [1.82, 2.24) is 0 Å². The minimum Gasteiger partial charge on any atom is -0.508 e. The van der Waals surface area contributed by atoms with Crippen LogP contribution < -0.4 is 4.74 Å². The topological polar surface area (TPSA) is 29.5 Å². The van der Waals surface area contributed by atoms with E-state index in [-0.39, 0.29) is 10.8 Å². The number of ether oxygens (including phenoxy) is 1. The van der Waals surface area contributed by atoms with E-state index < -0.39 is 0 Å². The predicted molar refractivity (Wildman–Crippen MR) is 111 cm³/mol. The molecule has 0 aliphatic heterocycles. The van der Waals surface area contributed by atoms with E-state index in [0.29, 0.717) is 5.75 Å². The number of aromatic hydroxyl groups is 1. The zero-order valence-electron chi connectivity index (χ0n) is 17.9. The Morgan fingerprint density at radius 3 is 1.69 bits per heavy atom. The number of phenolic OH excluding ortho intramolecular Hbond substituents is 1. The van der Waals surface area contributed by atoms with Gasteiger partial charge >= 0.3 is 0 Å². The van der Waals surface area contributed by atoms with Crippen LogP contribution in [0.1, 0.15) is 74.9 Å². The minimum absolute atomic E-state index is 0.0222. The molecule has 0 radical (unpaired) electrons. The van der Waals surface area contributed by atoms with Crippen molar-refractivity contribution in [1.29, 1.82) is 0 Å². The molecule has 0 saturated heterocycles. The average Bonchev–Trinajstić information content (AvgIpc) is 2.48. The summed E-state index contributed by atoms with van der Waals surface area (Å²) in [4.78, 5) is 0. The Morgan fingerprint density at radius 2 is 1.23 bits per heavy atom. The molecule has 142 valence electrons. The SMILES string of the molecule is COc1cc(C)c(Cc2cc(C(C)(C)C)c(O)cc2C)cc1C(C)(C)C. The summed E-state index contributed by atoms with van der Waals surface area (Å²) in [5.74, 6) is 1.34. The summed E-state index contributed by atoms with van der Waals surface area (Å²) >= 11 is 0. The molecule has 0 saturated carbocycles. The van der Waals surface area contributed by atoms with Gasteiger partial charge in [-0.2, -0.15) is 0 Å². The standard InChI is InChI=1S/C24H34O2/c1-15-10-21(25)19(23(3,4)5)13-17(15)12-18-14-20(24(6,7)8)22(26-9)11-16(18)2/h10-11,13-14,25H,12H2,1-9H3. The second-order valence-corrected chi connectivity index (χ2v) is 9.45. The van der Waals surface area contributed by atoms with E-state index in [0.717, 1.165) is 23.3 Å². The van der Waals surface area contributed by atoms with Crippen molar-refractivity contribution in [3.05, 3.63) is 57.6 Å². The van der Waals surface area contributed by atoms with E-state index >= 15 is 0 Å². The summed E-state index contributed by atoms with van der Waals surface area (Å²) in [6, 6.07) is 8.51. The Morgan fingerprint density at radius 1 is 0.769 bits per heavy atom. The van der Waals surface area contributed by atoms with E-state index in [1.807, 2.05) is 6.07 Å². The second-order valence-electron chi connectivity index (χ2n) is 9.45. The normalized spacial score (nSPS) is 12.3. The van der Waals surface area contributed by atoms with Crippen molar-refractivity contribution >= 4 is 0 Å². The number of phenols is 1. The van der Waals surface area contributed by atoms with E-state index in [9.17, 15) is 5.11 Å². The molecule has 0 amide bonds. The second kappa shape index (κ2) is 6.98. The van der Waals surface area contributed by atoms with Crippen molar-refractivity contribution in [2.45, 2.75) is 72.6 Å². The highest BCUT2D eigenvalue weighted by atomic mass is 16.5. The zero-order valence-corrected chi connectivity index (χ0v) is 17.9. The minimum atomic E-state index is -0.0853. The third-order valence-corrected chi connectivity index (χ3v) is 5.11. The monoisotopic (exact) mass is 354 g/mol. The van der Waals surface area contributed by atoms with Crippen LogP contribution in [-0.2, 0) is 17.3 Å². The fourth-order valence-corrected chi connectivity index (χ4v) is 3.41. The number of benzene rings is 2. The van der Waals surface area contributed by atoms with Crippen LogP contribution in [0.15, 0.2) is 24.3 Å².